The molecule has 0 bridgehead atoms. The first-order valence-corrected chi connectivity index (χ1v) is 4.56. The summed E-state index contributed by atoms with van der Waals surface area (Å²) in [5, 5.41) is 0. The fourth-order valence-electron chi connectivity index (χ4n) is 2.36. The molecule has 0 aromatic heterocycles. The minimum atomic E-state index is 0.287. The zero-order valence-corrected chi connectivity index (χ0v) is 7.47. The summed E-state index contributed by atoms with van der Waals surface area (Å²) in [4.78, 5) is 2.33. The molecule has 2 heterocycles. The minimum absolute atomic E-state index is 0.287. The van der Waals surface area contributed by atoms with Gasteiger partial charge in [0.25, 0.3) is 0 Å². The van der Waals surface area contributed by atoms with Gasteiger partial charge in [-0.2, -0.15) is 0 Å². The fourth-order valence-corrected chi connectivity index (χ4v) is 2.36. The second kappa shape index (κ2) is 2.46. The molecule has 1 spiro atoms. The molecule has 1 unspecified atom stereocenters. The largest absolute Gasteiger partial charge is 0.372 e. The number of rotatable bonds is 1. The lowest BCUT2D eigenvalue weighted by atomic mass is 9.87. The Labute approximate surface area is 68.5 Å². The molecule has 0 aliphatic carbocycles. The summed E-state index contributed by atoms with van der Waals surface area (Å²) in [7, 11) is 2.16. The smallest absolute Gasteiger partial charge is 0.0938 e. The Morgan fingerprint density at radius 1 is 1.55 bits per heavy atom. The Hall–Kier alpha value is -0.0800. The van der Waals surface area contributed by atoms with Crippen molar-refractivity contribution < 1.29 is 4.74 Å². The first-order chi connectivity index (χ1) is 5.24. The highest BCUT2D eigenvalue weighted by molar-refractivity contribution is 5.00. The van der Waals surface area contributed by atoms with E-state index >= 15 is 0 Å². The molecule has 0 aromatic carbocycles. The van der Waals surface area contributed by atoms with Crippen molar-refractivity contribution in [3.63, 3.8) is 0 Å². The first-order valence-electron chi connectivity index (χ1n) is 4.56. The van der Waals surface area contributed by atoms with Crippen molar-refractivity contribution in [1.29, 1.82) is 0 Å². The van der Waals surface area contributed by atoms with E-state index < -0.39 is 0 Å². The summed E-state index contributed by atoms with van der Waals surface area (Å²) >= 11 is 0. The predicted molar refractivity (Wildman–Crippen MR) is 44.6 cm³/mol. The summed E-state index contributed by atoms with van der Waals surface area (Å²) in [5.74, 6) is 0.837. The second-order valence-electron chi connectivity index (χ2n) is 4.14. The monoisotopic (exact) mass is 155 g/mol. The van der Waals surface area contributed by atoms with Gasteiger partial charge in [-0.3, -0.25) is 0 Å². The molecule has 2 aliphatic heterocycles. The Morgan fingerprint density at radius 2 is 2.27 bits per heavy atom. The van der Waals surface area contributed by atoms with Crippen molar-refractivity contribution in [2.45, 2.75) is 25.4 Å². The van der Waals surface area contributed by atoms with Crippen LogP contribution in [0.2, 0.25) is 0 Å². The molecule has 11 heavy (non-hydrogen) atoms. The highest BCUT2D eigenvalue weighted by atomic mass is 16.5. The highest BCUT2D eigenvalue weighted by Crippen LogP contribution is 2.37. The Bertz CT molecular complexity index is 152. The quantitative estimate of drug-likeness (QED) is 0.562. The van der Waals surface area contributed by atoms with Crippen LogP contribution in [-0.2, 0) is 4.74 Å². The molecule has 2 aliphatic rings. The van der Waals surface area contributed by atoms with Gasteiger partial charge in [0.05, 0.1) is 12.2 Å². The van der Waals surface area contributed by atoms with Gasteiger partial charge in [-0.05, 0) is 19.4 Å². The van der Waals surface area contributed by atoms with Crippen LogP contribution in [0.5, 0.6) is 0 Å². The molecule has 2 saturated heterocycles. The van der Waals surface area contributed by atoms with Gasteiger partial charge in [-0.15, -0.1) is 0 Å². The van der Waals surface area contributed by atoms with Crippen LogP contribution in [0.3, 0.4) is 0 Å². The predicted octanol–water partition coefficient (Wildman–Crippen LogP) is 1.12. The summed E-state index contributed by atoms with van der Waals surface area (Å²) in [6, 6.07) is 0. The van der Waals surface area contributed by atoms with Crippen LogP contribution >= 0.6 is 0 Å². The molecular weight excluding hydrogens is 138 g/mol. The first kappa shape index (κ1) is 7.56. The molecule has 1 atom stereocenters. The van der Waals surface area contributed by atoms with Gasteiger partial charge in [0.1, 0.15) is 0 Å². The van der Waals surface area contributed by atoms with Crippen molar-refractivity contribution >= 4 is 0 Å². The van der Waals surface area contributed by atoms with E-state index in [1.807, 2.05) is 0 Å². The molecule has 0 N–H and O–H groups in total. The number of likely N-dealkylation sites (tertiary alicyclic amines) is 1. The lowest BCUT2D eigenvalue weighted by molar-refractivity contribution is -0.100. The van der Waals surface area contributed by atoms with E-state index in [4.69, 9.17) is 4.74 Å². The van der Waals surface area contributed by atoms with Crippen molar-refractivity contribution in [3.8, 4) is 0 Å². The zero-order valence-electron chi connectivity index (χ0n) is 7.47. The molecule has 2 rings (SSSR count). The molecule has 0 radical (unpaired) electrons. The summed E-state index contributed by atoms with van der Waals surface area (Å²) in [6.07, 6.45) is 2.58. The third kappa shape index (κ3) is 1.18. The second-order valence-corrected chi connectivity index (χ2v) is 4.14. The number of hydrogen-bond acceptors (Lipinski definition) is 2. The third-order valence-electron chi connectivity index (χ3n) is 2.98. The standard InChI is InChI=1S/C9H17NO/c1-3-8-4-9(11-5-8)6-10(2)7-9/h8H,3-7H2,1-2H3. The van der Waals surface area contributed by atoms with Gasteiger partial charge < -0.3 is 9.64 Å². The molecule has 2 heteroatoms. The van der Waals surface area contributed by atoms with Crippen LogP contribution in [0.4, 0.5) is 0 Å². The van der Waals surface area contributed by atoms with Gasteiger partial charge in [0.2, 0.25) is 0 Å². The van der Waals surface area contributed by atoms with Gasteiger partial charge >= 0.3 is 0 Å². The molecule has 0 amide bonds. The van der Waals surface area contributed by atoms with Crippen LogP contribution in [-0.4, -0.2) is 37.2 Å². The molecule has 2 nitrogen and oxygen atoms in total. The van der Waals surface area contributed by atoms with E-state index in [9.17, 15) is 0 Å². The Kier molecular flexibility index (Phi) is 1.69. The maximum Gasteiger partial charge on any atom is 0.0938 e. The molecule has 2 fully saturated rings. The van der Waals surface area contributed by atoms with Crippen LogP contribution in [0.25, 0.3) is 0 Å². The van der Waals surface area contributed by atoms with E-state index in [-0.39, 0.29) is 5.60 Å². The lowest BCUT2D eigenvalue weighted by Crippen LogP contribution is -2.59. The molecule has 0 saturated carbocycles. The van der Waals surface area contributed by atoms with Crippen LogP contribution in [0, 0.1) is 5.92 Å². The maximum absolute atomic E-state index is 5.81. The van der Waals surface area contributed by atoms with E-state index in [2.05, 4.69) is 18.9 Å². The minimum Gasteiger partial charge on any atom is -0.372 e. The van der Waals surface area contributed by atoms with Crippen molar-refractivity contribution in [3.05, 3.63) is 0 Å². The van der Waals surface area contributed by atoms with Gasteiger partial charge in [-0.25, -0.2) is 0 Å². The van der Waals surface area contributed by atoms with Gasteiger partial charge in [0.15, 0.2) is 0 Å². The van der Waals surface area contributed by atoms with Gasteiger partial charge in [-0.1, -0.05) is 13.3 Å². The fraction of sp³-hybridized carbons (Fsp3) is 1.00. The topological polar surface area (TPSA) is 12.5 Å². The Balaban J connectivity index is 1.89. The highest BCUT2D eigenvalue weighted by Gasteiger charge is 2.47. The maximum atomic E-state index is 5.81. The third-order valence-corrected chi connectivity index (χ3v) is 2.98. The number of ether oxygens (including phenoxy) is 1. The average Bonchev–Trinajstić information content (AvgIpc) is 2.31. The van der Waals surface area contributed by atoms with Gasteiger partial charge in [0, 0.05) is 13.1 Å². The van der Waals surface area contributed by atoms with Crippen LogP contribution in [0.1, 0.15) is 19.8 Å². The van der Waals surface area contributed by atoms with E-state index in [1.54, 1.807) is 0 Å². The lowest BCUT2D eigenvalue weighted by Gasteiger charge is -2.45. The SMILES string of the molecule is CCC1COC2(C1)CN(C)C2. The molecule has 64 valence electrons. The number of likely N-dealkylation sites (N-methyl/N-ethyl adjacent to an activating group) is 1. The van der Waals surface area contributed by atoms with Crippen LogP contribution < -0.4 is 0 Å². The normalized spacial score (nSPS) is 36.0. The average molecular weight is 155 g/mol. The van der Waals surface area contributed by atoms with E-state index in [0.29, 0.717) is 0 Å². The van der Waals surface area contributed by atoms with Crippen molar-refractivity contribution in [2.75, 3.05) is 26.7 Å². The van der Waals surface area contributed by atoms with Crippen molar-refractivity contribution in [1.82, 2.24) is 4.90 Å². The summed E-state index contributed by atoms with van der Waals surface area (Å²) in [6.45, 7) is 5.58. The zero-order chi connectivity index (χ0) is 7.90. The summed E-state index contributed by atoms with van der Waals surface area (Å²) < 4.78 is 5.81. The van der Waals surface area contributed by atoms with Crippen molar-refractivity contribution in [2.24, 2.45) is 5.92 Å². The number of hydrogen-bond donors (Lipinski definition) is 0. The molecule has 0 aromatic rings. The Morgan fingerprint density at radius 3 is 2.73 bits per heavy atom. The van der Waals surface area contributed by atoms with Crippen LogP contribution in [0.15, 0.2) is 0 Å². The van der Waals surface area contributed by atoms with E-state index in [0.717, 1.165) is 25.6 Å². The van der Waals surface area contributed by atoms with E-state index in [1.165, 1.54) is 12.8 Å². The molecular formula is C9H17NO. The summed E-state index contributed by atoms with van der Waals surface area (Å²) in [5.41, 5.74) is 0.287. The number of nitrogens with zero attached hydrogens (tertiary/aromatic N) is 1.